The molecule has 1 atom stereocenters. The summed E-state index contributed by atoms with van der Waals surface area (Å²) >= 11 is 0. The Morgan fingerprint density at radius 2 is 0.656 bits per heavy atom. The Kier molecular flexibility index (Phi) is 48.1. The van der Waals surface area contributed by atoms with Crippen molar-refractivity contribution < 1.29 is 28.6 Å². The average Bonchev–Trinajstić information content (AvgIpc) is 3.29. The Bertz CT molecular complexity index is 1390. The summed E-state index contributed by atoms with van der Waals surface area (Å²) in [5.74, 6) is -0.992. The van der Waals surface area contributed by atoms with Gasteiger partial charge in [-0.2, -0.15) is 0 Å². The molecule has 0 amide bonds. The number of ether oxygens (including phenoxy) is 3. The van der Waals surface area contributed by atoms with Crippen LogP contribution >= 0.6 is 0 Å². The third-order valence-electron chi connectivity index (χ3n) is 10.2. The summed E-state index contributed by atoms with van der Waals surface area (Å²) in [5, 5.41) is 0. The predicted molar refractivity (Wildman–Crippen MR) is 274 cm³/mol. The number of hydrogen-bond donors (Lipinski definition) is 0. The number of carbonyl (C=O) groups is 3. The van der Waals surface area contributed by atoms with Gasteiger partial charge in [-0.15, -0.1) is 0 Å². The maximum atomic E-state index is 12.8. The lowest BCUT2D eigenvalue weighted by atomic mass is 10.1. The fourth-order valence-corrected chi connectivity index (χ4v) is 6.40. The summed E-state index contributed by atoms with van der Waals surface area (Å²) in [4.78, 5) is 37.9. The van der Waals surface area contributed by atoms with Crippen molar-refractivity contribution in [2.24, 2.45) is 0 Å². The molecule has 6 nitrogen and oxygen atoms in total. The molecule has 0 radical (unpaired) electrons. The van der Waals surface area contributed by atoms with Crippen LogP contribution in [0.1, 0.15) is 207 Å². The first-order valence-corrected chi connectivity index (χ1v) is 25.6. The summed E-state index contributed by atoms with van der Waals surface area (Å²) in [6.07, 6.45) is 70.4. The minimum Gasteiger partial charge on any atom is -0.462 e. The zero-order valence-electron chi connectivity index (χ0n) is 41.0. The highest BCUT2D eigenvalue weighted by Gasteiger charge is 2.19. The molecule has 0 aliphatic heterocycles. The van der Waals surface area contributed by atoms with Crippen LogP contribution in [0.25, 0.3) is 0 Å². The molecule has 0 aromatic heterocycles. The fourth-order valence-electron chi connectivity index (χ4n) is 6.40. The van der Waals surface area contributed by atoms with Gasteiger partial charge in [0.25, 0.3) is 0 Å². The molecule has 64 heavy (non-hydrogen) atoms. The maximum absolute atomic E-state index is 12.8. The second-order valence-electron chi connectivity index (χ2n) is 16.3. The normalized spacial score (nSPS) is 13.1. The van der Waals surface area contributed by atoms with Crippen LogP contribution in [0.5, 0.6) is 0 Å². The number of carbonyl (C=O) groups excluding carboxylic acids is 3. The second-order valence-corrected chi connectivity index (χ2v) is 16.3. The van der Waals surface area contributed by atoms with Gasteiger partial charge in [0.2, 0.25) is 0 Å². The molecule has 0 aromatic rings. The van der Waals surface area contributed by atoms with Gasteiger partial charge in [-0.25, -0.2) is 0 Å². The molecule has 0 rings (SSSR count). The number of unbranched alkanes of at least 4 members (excludes halogenated alkanes) is 14. The molecular formula is C58H92O6. The molecule has 0 saturated carbocycles. The van der Waals surface area contributed by atoms with Crippen molar-refractivity contribution in [2.45, 2.75) is 213 Å². The summed E-state index contributed by atoms with van der Waals surface area (Å²) in [7, 11) is 0. The van der Waals surface area contributed by atoms with Gasteiger partial charge in [-0.3, -0.25) is 14.4 Å². The minimum absolute atomic E-state index is 0.112. The van der Waals surface area contributed by atoms with Gasteiger partial charge in [0.1, 0.15) is 13.2 Å². The molecule has 0 saturated heterocycles. The molecule has 0 fully saturated rings. The molecule has 0 aliphatic carbocycles. The van der Waals surface area contributed by atoms with Crippen LogP contribution in [0, 0.1) is 0 Å². The zero-order valence-corrected chi connectivity index (χ0v) is 41.0. The van der Waals surface area contributed by atoms with E-state index in [1.807, 2.05) is 0 Å². The number of rotatable bonds is 44. The van der Waals surface area contributed by atoms with Crippen LogP contribution in [0.4, 0.5) is 0 Å². The van der Waals surface area contributed by atoms with Gasteiger partial charge in [-0.1, -0.05) is 194 Å². The van der Waals surface area contributed by atoms with Crippen molar-refractivity contribution in [1.29, 1.82) is 0 Å². The topological polar surface area (TPSA) is 78.9 Å². The minimum atomic E-state index is -0.812. The predicted octanol–water partition coefficient (Wildman–Crippen LogP) is 16.9. The monoisotopic (exact) mass is 885 g/mol. The Morgan fingerprint density at radius 1 is 0.344 bits per heavy atom. The van der Waals surface area contributed by atoms with E-state index in [0.29, 0.717) is 19.3 Å². The Balaban J connectivity index is 4.50. The van der Waals surface area contributed by atoms with Crippen LogP contribution in [-0.2, 0) is 28.6 Å². The van der Waals surface area contributed by atoms with Crippen molar-refractivity contribution in [3.05, 3.63) is 122 Å². The Morgan fingerprint density at radius 3 is 1.06 bits per heavy atom. The summed E-state index contributed by atoms with van der Waals surface area (Å²) in [5.41, 5.74) is 0. The van der Waals surface area contributed by atoms with E-state index < -0.39 is 6.10 Å². The Labute approximate surface area is 392 Å². The molecule has 1 unspecified atom stereocenters. The highest BCUT2D eigenvalue weighted by molar-refractivity contribution is 5.71. The van der Waals surface area contributed by atoms with E-state index in [1.54, 1.807) is 0 Å². The number of allylic oxidation sites excluding steroid dienone is 20. The lowest BCUT2D eigenvalue weighted by Gasteiger charge is -2.18. The number of esters is 3. The van der Waals surface area contributed by atoms with E-state index in [0.717, 1.165) is 141 Å². The first-order chi connectivity index (χ1) is 31.5. The van der Waals surface area contributed by atoms with Crippen molar-refractivity contribution in [1.82, 2.24) is 0 Å². The summed E-state index contributed by atoms with van der Waals surface area (Å²) in [6.45, 7) is 6.27. The van der Waals surface area contributed by atoms with Gasteiger partial charge < -0.3 is 14.2 Å². The van der Waals surface area contributed by atoms with Crippen LogP contribution in [-0.4, -0.2) is 37.2 Å². The average molecular weight is 885 g/mol. The van der Waals surface area contributed by atoms with Crippen LogP contribution in [0.2, 0.25) is 0 Å². The lowest BCUT2D eigenvalue weighted by molar-refractivity contribution is -0.167. The SMILES string of the molecule is CC/C=C\C/C=C\C/C=C\C/C=C\C/C=C\CCCCCC(=O)OCC(COC(=O)CCCCC/C=C\C=C/CCCC)OC(=O)CCCCCCCC/C=C\C/C=C\C/C=C\CC. The third kappa shape index (κ3) is 48.8. The molecule has 0 aromatic carbocycles. The Hall–Kier alpha value is -4.19. The molecule has 0 spiro atoms. The maximum Gasteiger partial charge on any atom is 0.306 e. The van der Waals surface area contributed by atoms with Crippen LogP contribution in [0.3, 0.4) is 0 Å². The van der Waals surface area contributed by atoms with E-state index in [9.17, 15) is 14.4 Å². The first-order valence-electron chi connectivity index (χ1n) is 25.6. The smallest absolute Gasteiger partial charge is 0.306 e. The molecule has 0 aliphatic rings. The second kappa shape index (κ2) is 51.4. The molecule has 6 heteroatoms. The molecule has 0 heterocycles. The van der Waals surface area contributed by atoms with Gasteiger partial charge >= 0.3 is 17.9 Å². The largest absolute Gasteiger partial charge is 0.462 e. The fraction of sp³-hybridized carbons (Fsp3) is 0.603. The standard InChI is InChI=1S/C58H92O6/c1-4-7-10-13-16-19-22-24-26-28-29-30-32-33-36-39-42-45-48-51-57(60)63-54-55(53-62-56(59)50-47-44-41-38-35-21-18-15-12-9-6-3)64-58(61)52-49-46-43-40-37-34-31-27-25-23-20-17-14-11-8-5-2/h7-8,10-11,15-21,24-27,29-30,33,35-36,55H,4-6,9,12-14,22-23,28,31-32,34,37-54H2,1-3H3/b10-7-,11-8-,18-15-,19-16-,20-17-,26-24-,27-25-,30-29-,35-21-,36-33-. The highest BCUT2D eigenvalue weighted by Crippen LogP contribution is 2.12. The summed E-state index contributed by atoms with van der Waals surface area (Å²) < 4.78 is 16.7. The summed E-state index contributed by atoms with van der Waals surface area (Å²) in [6, 6.07) is 0. The van der Waals surface area contributed by atoms with Gasteiger partial charge in [0.15, 0.2) is 6.10 Å². The quantitative estimate of drug-likeness (QED) is 0.0199. The molecule has 360 valence electrons. The molecule has 0 N–H and O–H groups in total. The van der Waals surface area contributed by atoms with Gasteiger partial charge in [0, 0.05) is 19.3 Å². The number of hydrogen-bond acceptors (Lipinski definition) is 6. The molecule has 0 bridgehead atoms. The van der Waals surface area contributed by atoms with Crippen molar-refractivity contribution in [3.8, 4) is 0 Å². The zero-order chi connectivity index (χ0) is 46.5. The van der Waals surface area contributed by atoms with Gasteiger partial charge in [-0.05, 0) is 116 Å². The van der Waals surface area contributed by atoms with E-state index in [4.69, 9.17) is 14.2 Å². The van der Waals surface area contributed by atoms with Crippen molar-refractivity contribution in [3.63, 3.8) is 0 Å². The first kappa shape index (κ1) is 59.8. The van der Waals surface area contributed by atoms with E-state index in [2.05, 4.69) is 142 Å². The molecular weight excluding hydrogens is 793 g/mol. The van der Waals surface area contributed by atoms with E-state index in [-0.39, 0.29) is 31.1 Å². The van der Waals surface area contributed by atoms with E-state index in [1.165, 1.54) is 25.7 Å². The third-order valence-corrected chi connectivity index (χ3v) is 10.2. The van der Waals surface area contributed by atoms with Gasteiger partial charge in [0.05, 0.1) is 0 Å². The lowest BCUT2D eigenvalue weighted by Crippen LogP contribution is -2.30. The van der Waals surface area contributed by atoms with Crippen molar-refractivity contribution >= 4 is 17.9 Å². The van der Waals surface area contributed by atoms with E-state index >= 15 is 0 Å². The highest BCUT2D eigenvalue weighted by atomic mass is 16.6. The van der Waals surface area contributed by atoms with Crippen LogP contribution in [0.15, 0.2) is 122 Å². The van der Waals surface area contributed by atoms with Crippen molar-refractivity contribution in [2.75, 3.05) is 13.2 Å². The van der Waals surface area contributed by atoms with Crippen LogP contribution < -0.4 is 0 Å².